The zero-order valence-electron chi connectivity index (χ0n) is 12.5. The summed E-state index contributed by atoms with van der Waals surface area (Å²) in [5.41, 5.74) is 1.63. The van der Waals surface area contributed by atoms with Gasteiger partial charge in [0.1, 0.15) is 6.04 Å². The van der Waals surface area contributed by atoms with Crippen molar-refractivity contribution in [1.29, 1.82) is 0 Å². The summed E-state index contributed by atoms with van der Waals surface area (Å²) in [6.45, 7) is 2.53. The second-order valence-corrected chi connectivity index (χ2v) is 4.91. The standard InChI is InChI=1S/C15H20N2O4/c1-10(16-17-8-4-5-12(17)15(18)19)11-6-7-13(20-2)14(9-11)21-3/h6-7,9,12H,4-5,8H2,1-3H3,(H,18,19)/b16-10+. The minimum absolute atomic E-state index is 0.528. The highest BCUT2D eigenvalue weighted by molar-refractivity contribution is 5.99. The Hall–Kier alpha value is -2.24. The van der Waals surface area contributed by atoms with Crippen molar-refractivity contribution >= 4 is 11.7 Å². The summed E-state index contributed by atoms with van der Waals surface area (Å²) in [7, 11) is 3.16. The Morgan fingerprint density at radius 3 is 2.67 bits per heavy atom. The van der Waals surface area contributed by atoms with Gasteiger partial charge in [0, 0.05) is 12.1 Å². The highest BCUT2D eigenvalue weighted by atomic mass is 16.5. The average molecular weight is 292 g/mol. The summed E-state index contributed by atoms with van der Waals surface area (Å²) in [4.78, 5) is 11.2. The number of benzene rings is 1. The van der Waals surface area contributed by atoms with Gasteiger partial charge >= 0.3 is 5.97 Å². The van der Waals surface area contributed by atoms with Crippen LogP contribution >= 0.6 is 0 Å². The fourth-order valence-corrected chi connectivity index (χ4v) is 2.43. The lowest BCUT2D eigenvalue weighted by molar-refractivity contribution is -0.142. The maximum absolute atomic E-state index is 11.2. The van der Waals surface area contributed by atoms with Gasteiger partial charge in [0.05, 0.1) is 19.9 Å². The largest absolute Gasteiger partial charge is 0.493 e. The second-order valence-electron chi connectivity index (χ2n) is 4.91. The molecule has 0 amide bonds. The van der Waals surface area contributed by atoms with Crippen LogP contribution in [-0.4, -0.2) is 48.6 Å². The van der Waals surface area contributed by atoms with Crippen LogP contribution in [0.2, 0.25) is 0 Å². The predicted octanol–water partition coefficient (Wildman–Crippen LogP) is 1.98. The first-order valence-electron chi connectivity index (χ1n) is 6.84. The number of carbonyl (C=O) groups is 1. The molecule has 114 valence electrons. The number of carboxylic acid groups (broad SMARTS) is 1. The fourth-order valence-electron chi connectivity index (χ4n) is 2.43. The van der Waals surface area contributed by atoms with E-state index in [0.29, 0.717) is 24.5 Å². The molecule has 1 aliphatic rings. The Balaban J connectivity index is 2.24. The van der Waals surface area contributed by atoms with Gasteiger partial charge in [0.15, 0.2) is 11.5 Å². The summed E-state index contributed by atoms with van der Waals surface area (Å²) < 4.78 is 10.5. The maximum Gasteiger partial charge on any atom is 0.328 e. The molecule has 1 heterocycles. The Morgan fingerprint density at radius 2 is 2.05 bits per heavy atom. The van der Waals surface area contributed by atoms with Crippen molar-refractivity contribution in [2.45, 2.75) is 25.8 Å². The summed E-state index contributed by atoms with van der Waals surface area (Å²) in [6.07, 6.45) is 1.48. The molecule has 1 fully saturated rings. The summed E-state index contributed by atoms with van der Waals surface area (Å²) >= 11 is 0. The van der Waals surface area contributed by atoms with Crippen LogP contribution in [0.4, 0.5) is 0 Å². The van der Waals surface area contributed by atoms with E-state index in [-0.39, 0.29) is 0 Å². The molecule has 0 aromatic heterocycles. The first-order chi connectivity index (χ1) is 10.1. The summed E-state index contributed by atoms with van der Waals surface area (Å²) in [5, 5.41) is 15.3. The van der Waals surface area contributed by atoms with Crippen LogP contribution in [-0.2, 0) is 4.79 Å². The number of hydrazone groups is 1. The second kappa shape index (κ2) is 6.47. The third-order valence-corrected chi connectivity index (χ3v) is 3.59. The number of methoxy groups -OCH3 is 2. The molecule has 1 aliphatic heterocycles. The van der Waals surface area contributed by atoms with Gasteiger partial charge in [-0.1, -0.05) is 0 Å². The quantitative estimate of drug-likeness (QED) is 0.840. The van der Waals surface area contributed by atoms with Crippen LogP contribution in [0.5, 0.6) is 11.5 Å². The minimum atomic E-state index is -0.823. The lowest BCUT2D eigenvalue weighted by atomic mass is 10.1. The average Bonchev–Trinajstić information content (AvgIpc) is 2.94. The molecule has 1 aromatic carbocycles. The molecule has 0 bridgehead atoms. The number of nitrogens with zero attached hydrogens (tertiary/aromatic N) is 2. The van der Waals surface area contributed by atoms with E-state index in [0.717, 1.165) is 17.7 Å². The third-order valence-electron chi connectivity index (χ3n) is 3.59. The first-order valence-corrected chi connectivity index (χ1v) is 6.84. The van der Waals surface area contributed by atoms with Gasteiger partial charge in [-0.25, -0.2) is 4.79 Å². The molecule has 1 aromatic rings. The van der Waals surface area contributed by atoms with Gasteiger partial charge in [-0.15, -0.1) is 0 Å². The van der Waals surface area contributed by atoms with Gasteiger partial charge < -0.3 is 14.6 Å². The van der Waals surface area contributed by atoms with Gasteiger partial charge in [0.2, 0.25) is 0 Å². The molecule has 2 rings (SSSR count). The van der Waals surface area contributed by atoms with E-state index in [1.807, 2.05) is 25.1 Å². The normalized spacial score (nSPS) is 18.7. The zero-order valence-corrected chi connectivity index (χ0v) is 12.5. The van der Waals surface area contributed by atoms with Gasteiger partial charge in [-0.05, 0) is 38.0 Å². The number of aliphatic carboxylic acids is 1. The van der Waals surface area contributed by atoms with Gasteiger partial charge in [-0.2, -0.15) is 5.10 Å². The number of carboxylic acids is 1. The number of ether oxygens (including phenoxy) is 2. The maximum atomic E-state index is 11.2. The van der Waals surface area contributed by atoms with E-state index in [9.17, 15) is 9.90 Å². The lowest BCUT2D eigenvalue weighted by Crippen LogP contribution is -2.32. The Morgan fingerprint density at radius 1 is 1.33 bits per heavy atom. The molecule has 1 atom stereocenters. The van der Waals surface area contributed by atoms with E-state index >= 15 is 0 Å². The van der Waals surface area contributed by atoms with E-state index in [1.165, 1.54) is 0 Å². The van der Waals surface area contributed by atoms with Crippen molar-refractivity contribution in [3.05, 3.63) is 23.8 Å². The van der Waals surface area contributed by atoms with Crippen LogP contribution < -0.4 is 9.47 Å². The first kappa shape index (κ1) is 15.2. The lowest BCUT2D eigenvalue weighted by Gasteiger charge is -2.19. The molecule has 6 nitrogen and oxygen atoms in total. The summed E-state index contributed by atoms with van der Waals surface area (Å²) in [5.74, 6) is 0.454. The van der Waals surface area contributed by atoms with Crippen LogP contribution in [0.3, 0.4) is 0 Å². The molecular weight excluding hydrogens is 272 g/mol. The third kappa shape index (κ3) is 3.26. The van der Waals surface area contributed by atoms with Crippen molar-refractivity contribution in [3.8, 4) is 11.5 Å². The highest BCUT2D eigenvalue weighted by Gasteiger charge is 2.29. The molecule has 1 unspecified atom stereocenters. The molecule has 1 N–H and O–H groups in total. The number of hydrogen-bond acceptors (Lipinski definition) is 5. The van der Waals surface area contributed by atoms with E-state index in [4.69, 9.17) is 9.47 Å². The Bertz CT molecular complexity index is 557. The smallest absolute Gasteiger partial charge is 0.328 e. The molecular formula is C15H20N2O4. The molecule has 1 saturated heterocycles. The van der Waals surface area contributed by atoms with Gasteiger partial charge in [-0.3, -0.25) is 5.01 Å². The predicted molar refractivity (Wildman–Crippen MR) is 79.1 cm³/mol. The Kier molecular flexibility index (Phi) is 4.67. The van der Waals surface area contributed by atoms with Crippen LogP contribution in [0.15, 0.2) is 23.3 Å². The molecule has 0 saturated carbocycles. The van der Waals surface area contributed by atoms with Crippen molar-refractivity contribution in [2.24, 2.45) is 5.10 Å². The van der Waals surface area contributed by atoms with Crippen molar-refractivity contribution in [3.63, 3.8) is 0 Å². The summed E-state index contributed by atoms with van der Waals surface area (Å²) in [6, 6.07) is 5.00. The van der Waals surface area contributed by atoms with Gasteiger partial charge in [0.25, 0.3) is 0 Å². The molecule has 0 radical (unpaired) electrons. The van der Waals surface area contributed by atoms with Crippen molar-refractivity contribution in [1.82, 2.24) is 5.01 Å². The molecule has 6 heteroatoms. The van der Waals surface area contributed by atoms with E-state index in [1.54, 1.807) is 19.2 Å². The van der Waals surface area contributed by atoms with Crippen LogP contribution in [0.25, 0.3) is 0 Å². The monoisotopic (exact) mass is 292 g/mol. The highest BCUT2D eigenvalue weighted by Crippen LogP contribution is 2.28. The zero-order chi connectivity index (χ0) is 15.4. The van der Waals surface area contributed by atoms with E-state index < -0.39 is 12.0 Å². The van der Waals surface area contributed by atoms with E-state index in [2.05, 4.69) is 5.10 Å². The fraction of sp³-hybridized carbons (Fsp3) is 0.467. The topological polar surface area (TPSA) is 71.4 Å². The van der Waals surface area contributed by atoms with Crippen LogP contribution in [0, 0.1) is 0 Å². The van der Waals surface area contributed by atoms with Crippen LogP contribution in [0.1, 0.15) is 25.3 Å². The van der Waals surface area contributed by atoms with Crippen molar-refractivity contribution in [2.75, 3.05) is 20.8 Å². The minimum Gasteiger partial charge on any atom is -0.493 e. The SMILES string of the molecule is COc1ccc(/C(C)=N/N2CCCC2C(=O)O)cc1OC. The molecule has 0 spiro atoms. The van der Waals surface area contributed by atoms with Crippen molar-refractivity contribution < 1.29 is 19.4 Å². The Labute approximate surface area is 124 Å². The number of rotatable bonds is 5. The molecule has 21 heavy (non-hydrogen) atoms. The number of hydrogen-bond donors (Lipinski definition) is 1. The molecule has 0 aliphatic carbocycles.